The van der Waals surface area contributed by atoms with Gasteiger partial charge in [0.1, 0.15) is 17.6 Å². The molecule has 2 heterocycles. The molecule has 2 aliphatic rings. The highest BCUT2D eigenvalue weighted by Gasteiger charge is 2.65. The van der Waals surface area contributed by atoms with Gasteiger partial charge in [-0.1, -0.05) is 62.3 Å². The summed E-state index contributed by atoms with van der Waals surface area (Å²) in [6.07, 6.45) is -3.28. The zero-order valence-electron chi connectivity index (χ0n) is 22.6. The molecule has 0 aromatic heterocycles. The third-order valence-corrected chi connectivity index (χ3v) is 18.1. The van der Waals surface area contributed by atoms with E-state index < -0.39 is 58.9 Å². The molecule has 0 radical (unpaired) electrons. The van der Waals surface area contributed by atoms with Gasteiger partial charge in [0.05, 0.1) is 7.11 Å². The van der Waals surface area contributed by atoms with E-state index in [9.17, 15) is 9.59 Å². The number of carbonyl (C=O) groups excluding carboxylic acids is 2. The maximum atomic E-state index is 13.0. The van der Waals surface area contributed by atoms with Gasteiger partial charge < -0.3 is 27.2 Å². The van der Waals surface area contributed by atoms with Gasteiger partial charge in [0.15, 0.2) is 12.2 Å². The number of esters is 2. The Labute approximate surface area is 211 Å². The number of hydrogen-bond donors (Lipinski definition) is 0. The molecule has 0 saturated carbocycles. The van der Waals surface area contributed by atoms with Crippen molar-refractivity contribution in [2.45, 2.75) is 121 Å². The van der Waals surface area contributed by atoms with Gasteiger partial charge in [-0.05, 0) is 27.9 Å². The van der Waals surface area contributed by atoms with Gasteiger partial charge in [-0.25, -0.2) is 4.79 Å². The molecular formula is C23H44O8SSi2. The quantitative estimate of drug-likeness (QED) is 0.317. The van der Waals surface area contributed by atoms with Crippen LogP contribution in [0, 0.1) is 0 Å². The number of rotatable bonds is 8. The van der Waals surface area contributed by atoms with Crippen LogP contribution in [-0.2, 0) is 36.8 Å². The molecule has 0 N–H and O–H groups in total. The second kappa shape index (κ2) is 11.7. The van der Waals surface area contributed by atoms with Crippen molar-refractivity contribution in [2.75, 3.05) is 12.9 Å². The predicted molar refractivity (Wildman–Crippen MR) is 137 cm³/mol. The Kier molecular flexibility index (Phi) is 10.3. The average Bonchev–Trinajstić information content (AvgIpc) is 2.91. The van der Waals surface area contributed by atoms with E-state index in [4.69, 9.17) is 27.2 Å². The molecule has 2 fully saturated rings. The molecule has 5 atom stereocenters. The smallest absolute Gasteiger partial charge is 0.337 e. The van der Waals surface area contributed by atoms with Crippen LogP contribution >= 0.6 is 11.8 Å². The molecule has 0 aromatic rings. The maximum absolute atomic E-state index is 13.0. The average molecular weight is 537 g/mol. The Morgan fingerprint density at radius 3 is 1.74 bits per heavy atom. The molecule has 198 valence electrons. The van der Waals surface area contributed by atoms with E-state index in [1.165, 1.54) is 25.8 Å². The Hall–Kier alpha value is -0.436. The van der Waals surface area contributed by atoms with Crippen LogP contribution in [0.1, 0.15) is 69.2 Å². The third kappa shape index (κ3) is 5.60. The van der Waals surface area contributed by atoms with Crippen LogP contribution in [0.3, 0.4) is 0 Å². The lowest BCUT2D eigenvalue weighted by atomic mass is 9.99. The van der Waals surface area contributed by atoms with Crippen molar-refractivity contribution in [1.29, 1.82) is 0 Å². The summed E-state index contributed by atoms with van der Waals surface area (Å²) in [5, 5.41) is 0. The van der Waals surface area contributed by atoms with Crippen LogP contribution in [-0.4, -0.2) is 71.8 Å². The summed E-state index contributed by atoms with van der Waals surface area (Å²) in [6.45, 7) is 20.3. The van der Waals surface area contributed by atoms with Crippen molar-refractivity contribution in [3.05, 3.63) is 0 Å². The molecule has 0 unspecified atom stereocenters. The largest absolute Gasteiger partial charge is 0.467 e. The Balaban J connectivity index is 2.80. The molecular weight excluding hydrogens is 492 g/mol. The highest BCUT2D eigenvalue weighted by Crippen LogP contribution is 2.50. The van der Waals surface area contributed by atoms with Crippen molar-refractivity contribution < 1.29 is 36.8 Å². The van der Waals surface area contributed by atoms with E-state index in [2.05, 4.69) is 55.4 Å². The minimum atomic E-state index is -2.97. The molecule has 8 nitrogen and oxygen atoms in total. The van der Waals surface area contributed by atoms with Crippen molar-refractivity contribution in [3.8, 4) is 0 Å². The molecule has 2 aliphatic heterocycles. The van der Waals surface area contributed by atoms with E-state index >= 15 is 0 Å². The van der Waals surface area contributed by atoms with Crippen LogP contribution in [0.4, 0.5) is 0 Å². The zero-order chi connectivity index (χ0) is 26.0. The van der Waals surface area contributed by atoms with Crippen molar-refractivity contribution in [1.82, 2.24) is 0 Å². The van der Waals surface area contributed by atoms with E-state index in [1.807, 2.05) is 6.92 Å². The first-order valence-electron chi connectivity index (χ1n) is 12.3. The van der Waals surface area contributed by atoms with E-state index in [0.29, 0.717) is 5.75 Å². The van der Waals surface area contributed by atoms with Gasteiger partial charge in [0.25, 0.3) is 0 Å². The van der Waals surface area contributed by atoms with Gasteiger partial charge in [0.2, 0.25) is 0 Å². The van der Waals surface area contributed by atoms with Crippen LogP contribution in [0.25, 0.3) is 0 Å². The summed E-state index contributed by atoms with van der Waals surface area (Å²) in [4.78, 5) is 25.2. The molecule has 2 saturated heterocycles. The van der Waals surface area contributed by atoms with Crippen LogP contribution in [0.5, 0.6) is 0 Å². The molecule has 0 amide bonds. The van der Waals surface area contributed by atoms with Gasteiger partial charge >= 0.3 is 29.1 Å². The fourth-order valence-corrected chi connectivity index (χ4v) is 17.3. The summed E-state index contributed by atoms with van der Waals surface area (Å²) >= 11 is 1.47. The second-order valence-corrected chi connectivity index (χ2v) is 20.5. The SMILES string of the molecule is CCS[C@@H]1O[C@H](C(=O)OC)[C@H]2O[Si](C(C)C)(C(C)C)O[Si](C(C)C)(C(C)C)O[C@@H]2[C@H]1OC(C)=O. The molecule has 0 bridgehead atoms. The van der Waals surface area contributed by atoms with Gasteiger partial charge in [-0.2, -0.15) is 0 Å². The summed E-state index contributed by atoms with van der Waals surface area (Å²) in [6, 6.07) is 0. The summed E-state index contributed by atoms with van der Waals surface area (Å²) < 4.78 is 38.4. The minimum Gasteiger partial charge on any atom is -0.467 e. The summed E-state index contributed by atoms with van der Waals surface area (Å²) in [5.41, 5.74) is -0.205. The lowest BCUT2D eigenvalue weighted by Gasteiger charge is -2.46. The van der Waals surface area contributed by atoms with E-state index in [1.54, 1.807) is 0 Å². The topological polar surface area (TPSA) is 89.5 Å². The molecule has 0 aliphatic carbocycles. The number of methoxy groups -OCH3 is 1. The number of carbonyl (C=O) groups is 2. The predicted octanol–water partition coefficient (Wildman–Crippen LogP) is 4.89. The fourth-order valence-electron chi connectivity index (χ4n) is 5.07. The molecule has 34 heavy (non-hydrogen) atoms. The fraction of sp³-hybridized carbons (Fsp3) is 0.913. The first kappa shape index (κ1) is 29.8. The monoisotopic (exact) mass is 536 g/mol. The van der Waals surface area contributed by atoms with E-state index in [-0.39, 0.29) is 22.2 Å². The van der Waals surface area contributed by atoms with Gasteiger partial charge in [0, 0.05) is 6.92 Å². The second-order valence-electron chi connectivity index (χ2n) is 10.3. The summed E-state index contributed by atoms with van der Waals surface area (Å²) in [5.74, 6) is -0.254. The number of ether oxygens (including phenoxy) is 3. The molecule has 2 rings (SSSR count). The summed E-state index contributed by atoms with van der Waals surface area (Å²) in [7, 11) is -4.58. The Bertz CT molecular complexity index is 701. The van der Waals surface area contributed by atoms with Gasteiger partial charge in [-0.15, -0.1) is 11.8 Å². The number of hydrogen-bond acceptors (Lipinski definition) is 9. The van der Waals surface area contributed by atoms with Crippen molar-refractivity contribution in [2.24, 2.45) is 0 Å². The zero-order valence-corrected chi connectivity index (χ0v) is 25.4. The molecule has 11 heteroatoms. The first-order chi connectivity index (χ1) is 15.8. The normalized spacial score (nSPS) is 30.9. The third-order valence-electron chi connectivity index (χ3n) is 6.74. The van der Waals surface area contributed by atoms with Crippen LogP contribution < -0.4 is 0 Å². The Morgan fingerprint density at radius 1 is 0.882 bits per heavy atom. The van der Waals surface area contributed by atoms with Crippen molar-refractivity contribution in [3.63, 3.8) is 0 Å². The number of fused-ring (bicyclic) bond motifs is 1. The number of thioether (sulfide) groups is 1. The Morgan fingerprint density at radius 2 is 1.35 bits per heavy atom. The first-order valence-corrected chi connectivity index (χ1v) is 17.3. The standard InChI is InChI=1S/C23H44O8SSi2/c1-12-32-23-21(27-17(10)24)19-18(20(28-23)22(25)26-11)29-33(13(2)3,14(4)5)31-34(30-19,15(6)7)16(8)9/h13-16,18-21,23H,12H2,1-11H3/t18-,19-,20-,21+,23-/m0/s1. The highest BCUT2D eigenvalue weighted by molar-refractivity contribution is 7.99. The lowest BCUT2D eigenvalue weighted by molar-refractivity contribution is -0.212. The van der Waals surface area contributed by atoms with E-state index in [0.717, 1.165) is 0 Å². The molecule has 0 spiro atoms. The van der Waals surface area contributed by atoms with Crippen molar-refractivity contribution >= 4 is 40.8 Å². The maximum Gasteiger partial charge on any atom is 0.337 e. The molecule has 0 aromatic carbocycles. The van der Waals surface area contributed by atoms with Crippen LogP contribution in [0.15, 0.2) is 0 Å². The minimum absolute atomic E-state index is 0.0902. The van der Waals surface area contributed by atoms with Gasteiger partial charge in [-0.3, -0.25) is 4.79 Å². The highest BCUT2D eigenvalue weighted by atomic mass is 32.2. The lowest BCUT2D eigenvalue weighted by Crippen LogP contribution is -2.64. The van der Waals surface area contributed by atoms with Crippen LogP contribution in [0.2, 0.25) is 22.2 Å².